The van der Waals surface area contributed by atoms with Gasteiger partial charge in [0.2, 0.25) is 5.75 Å². The number of nitrogens with zero attached hydrogens (tertiary/aromatic N) is 1. The van der Waals surface area contributed by atoms with Crippen molar-refractivity contribution in [1.82, 2.24) is 15.3 Å². The Morgan fingerprint density at radius 3 is 2.61 bits per heavy atom. The first-order chi connectivity index (χ1) is 13.4. The molecule has 2 heterocycles. The number of carboxylic acids is 1. The van der Waals surface area contributed by atoms with Gasteiger partial charge in [0.15, 0.2) is 11.5 Å². The minimum Gasteiger partial charge on any atom is -0.501 e. The lowest BCUT2D eigenvalue weighted by Gasteiger charge is -2.15. The molecule has 9 nitrogen and oxygen atoms in total. The Labute approximate surface area is 162 Å². The number of anilines is 1. The van der Waals surface area contributed by atoms with Crippen molar-refractivity contribution >= 4 is 29.0 Å². The van der Waals surface area contributed by atoms with Crippen molar-refractivity contribution in [3.05, 3.63) is 63.4 Å². The third-order valence-corrected chi connectivity index (χ3v) is 4.79. The predicted molar refractivity (Wildman–Crippen MR) is 104 cm³/mol. The van der Waals surface area contributed by atoms with Crippen molar-refractivity contribution in [3.63, 3.8) is 0 Å². The van der Waals surface area contributed by atoms with Gasteiger partial charge in [0.25, 0.3) is 5.56 Å². The van der Waals surface area contributed by atoms with Crippen LogP contribution in [0.5, 0.6) is 5.75 Å². The van der Waals surface area contributed by atoms with Crippen LogP contribution in [-0.2, 0) is 0 Å². The van der Waals surface area contributed by atoms with Crippen molar-refractivity contribution in [2.24, 2.45) is 0 Å². The molecule has 0 bridgehead atoms. The number of hydrogen-bond acceptors (Lipinski definition) is 6. The summed E-state index contributed by atoms with van der Waals surface area (Å²) >= 11 is 1.15. The highest BCUT2D eigenvalue weighted by Gasteiger charge is 2.20. The number of thiophene rings is 1. The van der Waals surface area contributed by atoms with Crippen molar-refractivity contribution in [1.29, 1.82) is 0 Å². The van der Waals surface area contributed by atoms with E-state index in [1.807, 2.05) is 37.3 Å². The molecule has 0 radical (unpaired) electrons. The SMILES string of the molecule is C[C@H](NC(=O)Nc1ccsc1-c1nc(C(=O)O)c(O)c(=O)[nH]1)c1ccccc1. The number of carbonyl (C=O) groups excluding carboxylic acids is 1. The van der Waals surface area contributed by atoms with E-state index in [0.29, 0.717) is 10.6 Å². The molecule has 10 heteroatoms. The monoisotopic (exact) mass is 400 g/mol. The molecule has 1 aromatic carbocycles. The summed E-state index contributed by atoms with van der Waals surface area (Å²) in [6.45, 7) is 1.83. The Kier molecular flexibility index (Phi) is 5.41. The quantitative estimate of drug-likeness (QED) is 0.445. The molecule has 0 aliphatic heterocycles. The van der Waals surface area contributed by atoms with Crippen LogP contribution in [0.2, 0.25) is 0 Å². The number of aromatic amines is 1. The number of rotatable bonds is 5. The van der Waals surface area contributed by atoms with Gasteiger partial charge in [-0.25, -0.2) is 14.6 Å². The molecule has 3 aromatic rings. The maximum atomic E-state index is 12.3. The molecule has 1 atom stereocenters. The zero-order valence-corrected chi connectivity index (χ0v) is 15.4. The summed E-state index contributed by atoms with van der Waals surface area (Å²) in [5.41, 5.74) is -0.476. The number of aromatic carboxylic acids is 1. The van der Waals surface area contributed by atoms with Crippen molar-refractivity contribution in [2.45, 2.75) is 13.0 Å². The number of nitrogens with one attached hydrogen (secondary N) is 3. The second kappa shape index (κ2) is 7.92. The van der Waals surface area contributed by atoms with Crippen LogP contribution in [0, 0.1) is 0 Å². The van der Waals surface area contributed by atoms with Gasteiger partial charge in [-0.1, -0.05) is 30.3 Å². The Balaban J connectivity index is 1.82. The van der Waals surface area contributed by atoms with Crippen LogP contribution < -0.4 is 16.2 Å². The summed E-state index contributed by atoms with van der Waals surface area (Å²) in [4.78, 5) is 41.7. The Hall–Kier alpha value is -3.66. The van der Waals surface area contributed by atoms with E-state index in [1.54, 1.807) is 11.4 Å². The lowest BCUT2D eigenvalue weighted by atomic mass is 10.1. The van der Waals surface area contributed by atoms with E-state index in [2.05, 4.69) is 20.6 Å². The number of aromatic hydroxyl groups is 1. The van der Waals surface area contributed by atoms with Gasteiger partial charge in [-0.3, -0.25) is 4.79 Å². The van der Waals surface area contributed by atoms with Gasteiger partial charge in [-0.05, 0) is 23.9 Å². The fraction of sp³-hybridized carbons (Fsp3) is 0.111. The van der Waals surface area contributed by atoms with Crippen LogP contribution in [0.25, 0.3) is 10.7 Å². The van der Waals surface area contributed by atoms with E-state index >= 15 is 0 Å². The first-order valence-electron chi connectivity index (χ1n) is 8.13. The largest absolute Gasteiger partial charge is 0.501 e. The zero-order chi connectivity index (χ0) is 20.3. The Bertz CT molecular complexity index is 1080. The zero-order valence-electron chi connectivity index (χ0n) is 14.6. The molecular formula is C18H16N4O5S. The molecule has 5 N–H and O–H groups in total. The fourth-order valence-electron chi connectivity index (χ4n) is 2.49. The molecule has 0 saturated heterocycles. The van der Waals surface area contributed by atoms with Crippen LogP contribution in [-0.4, -0.2) is 32.2 Å². The first kappa shape index (κ1) is 19.1. The third-order valence-electron chi connectivity index (χ3n) is 3.87. The van der Waals surface area contributed by atoms with Crippen LogP contribution in [0.15, 0.2) is 46.6 Å². The number of carboxylic acid groups (broad SMARTS) is 1. The van der Waals surface area contributed by atoms with Gasteiger partial charge in [0.1, 0.15) is 0 Å². The summed E-state index contributed by atoms with van der Waals surface area (Å²) in [7, 11) is 0. The fourth-order valence-corrected chi connectivity index (χ4v) is 3.29. The molecule has 2 aromatic heterocycles. The molecule has 144 valence electrons. The molecule has 3 rings (SSSR count). The summed E-state index contributed by atoms with van der Waals surface area (Å²) in [5, 5.41) is 25.7. The van der Waals surface area contributed by atoms with Crippen molar-refractivity contribution in [2.75, 3.05) is 5.32 Å². The highest BCUT2D eigenvalue weighted by atomic mass is 32.1. The van der Waals surface area contributed by atoms with Crippen LogP contribution >= 0.6 is 11.3 Å². The number of amides is 2. The topological polar surface area (TPSA) is 144 Å². The minimum atomic E-state index is -1.54. The minimum absolute atomic E-state index is 0.0680. The number of urea groups is 1. The van der Waals surface area contributed by atoms with E-state index in [4.69, 9.17) is 5.11 Å². The van der Waals surface area contributed by atoms with Gasteiger partial charge in [0.05, 0.1) is 16.6 Å². The van der Waals surface area contributed by atoms with Gasteiger partial charge in [0, 0.05) is 0 Å². The second-order valence-electron chi connectivity index (χ2n) is 5.81. The molecule has 0 spiro atoms. The molecule has 0 saturated carbocycles. The molecule has 0 aliphatic rings. The number of benzene rings is 1. The van der Waals surface area contributed by atoms with Crippen molar-refractivity contribution in [3.8, 4) is 16.5 Å². The number of aromatic nitrogens is 2. The highest BCUT2D eigenvalue weighted by molar-refractivity contribution is 7.14. The van der Waals surface area contributed by atoms with Crippen LogP contribution in [0.1, 0.15) is 29.0 Å². The smallest absolute Gasteiger partial charge is 0.358 e. The number of H-pyrrole nitrogens is 1. The van der Waals surface area contributed by atoms with Gasteiger partial charge < -0.3 is 25.8 Å². The standard InChI is InChI=1S/C18H16N4O5S/c1-9(10-5-3-2-4-6-10)19-18(27)20-11-7-8-28-14(11)15-21-12(17(25)26)13(23)16(24)22-15/h2-9,23H,1H3,(H,25,26)(H2,19,20,27)(H,21,22,24)/t9-/m0/s1. The van der Waals surface area contributed by atoms with E-state index in [0.717, 1.165) is 16.9 Å². The normalized spacial score (nSPS) is 11.6. The summed E-state index contributed by atoms with van der Waals surface area (Å²) < 4.78 is 0. The average molecular weight is 400 g/mol. The van der Waals surface area contributed by atoms with Gasteiger partial charge >= 0.3 is 12.0 Å². The molecule has 2 amide bonds. The highest BCUT2D eigenvalue weighted by Crippen LogP contribution is 2.31. The molecule has 0 aliphatic carbocycles. The van der Waals surface area contributed by atoms with Crippen LogP contribution in [0.4, 0.5) is 10.5 Å². The summed E-state index contributed by atoms with van der Waals surface area (Å²) in [6.07, 6.45) is 0. The number of hydrogen-bond donors (Lipinski definition) is 5. The predicted octanol–water partition coefficient (Wildman–Crippen LogP) is 2.78. The summed E-state index contributed by atoms with van der Waals surface area (Å²) in [6, 6.07) is 10.3. The number of carbonyl (C=O) groups is 2. The van der Waals surface area contributed by atoms with Crippen molar-refractivity contribution < 1.29 is 19.8 Å². The Morgan fingerprint density at radius 1 is 1.21 bits per heavy atom. The first-order valence-corrected chi connectivity index (χ1v) is 9.01. The lowest BCUT2D eigenvalue weighted by Crippen LogP contribution is -2.31. The molecule has 0 unspecified atom stereocenters. The van der Waals surface area contributed by atoms with E-state index < -0.39 is 29.0 Å². The van der Waals surface area contributed by atoms with Gasteiger partial charge in [-0.15, -0.1) is 11.3 Å². The lowest BCUT2D eigenvalue weighted by molar-refractivity contribution is 0.0686. The maximum Gasteiger partial charge on any atom is 0.358 e. The Morgan fingerprint density at radius 2 is 1.93 bits per heavy atom. The summed E-state index contributed by atoms with van der Waals surface area (Å²) in [5.74, 6) is -2.58. The van der Waals surface area contributed by atoms with Gasteiger partial charge in [-0.2, -0.15) is 0 Å². The molecule has 0 fully saturated rings. The van der Waals surface area contributed by atoms with Crippen LogP contribution in [0.3, 0.4) is 0 Å². The van der Waals surface area contributed by atoms with E-state index in [9.17, 15) is 19.5 Å². The van der Waals surface area contributed by atoms with E-state index in [1.165, 1.54) is 0 Å². The second-order valence-corrected chi connectivity index (χ2v) is 6.73. The maximum absolute atomic E-state index is 12.3. The van der Waals surface area contributed by atoms with E-state index in [-0.39, 0.29) is 11.9 Å². The molecule has 28 heavy (non-hydrogen) atoms. The average Bonchev–Trinajstić information content (AvgIpc) is 3.12. The molecular weight excluding hydrogens is 384 g/mol. The third kappa shape index (κ3) is 4.01.